The lowest BCUT2D eigenvalue weighted by Gasteiger charge is -2.37. The lowest BCUT2D eigenvalue weighted by Crippen LogP contribution is -2.46. The number of thiazole rings is 1. The molecule has 1 saturated heterocycles. The minimum Gasteiger partial charge on any atom is -0.375 e. The molecule has 2 atom stereocenters. The van der Waals surface area contributed by atoms with Crippen molar-refractivity contribution < 1.29 is 4.79 Å². The van der Waals surface area contributed by atoms with Crippen molar-refractivity contribution in [2.45, 2.75) is 32.7 Å². The lowest BCUT2D eigenvalue weighted by molar-refractivity contribution is 0.0546. The zero-order valence-corrected chi connectivity index (χ0v) is 10.5. The first-order chi connectivity index (χ1) is 7.59. The highest BCUT2D eigenvalue weighted by Crippen LogP contribution is 2.25. The maximum atomic E-state index is 12.2. The van der Waals surface area contributed by atoms with Crippen LogP contribution in [0.25, 0.3) is 0 Å². The molecule has 0 saturated carbocycles. The highest BCUT2D eigenvalue weighted by molar-refractivity contribution is 7.13. The van der Waals surface area contributed by atoms with Gasteiger partial charge in [0.1, 0.15) is 5.69 Å². The van der Waals surface area contributed by atoms with Crippen LogP contribution in [0.3, 0.4) is 0 Å². The van der Waals surface area contributed by atoms with Gasteiger partial charge in [0, 0.05) is 18.0 Å². The number of piperidine rings is 1. The minimum atomic E-state index is 0.0204. The third kappa shape index (κ3) is 2.04. The van der Waals surface area contributed by atoms with Crippen LogP contribution >= 0.6 is 11.3 Å². The van der Waals surface area contributed by atoms with Gasteiger partial charge in [0.25, 0.3) is 5.91 Å². The number of carbonyl (C=O) groups is 1. The average Bonchev–Trinajstić information content (AvgIpc) is 2.68. The molecule has 1 aliphatic rings. The summed E-state index contributed by atoms with van der Waals surface area (Å²) in [5.41, 5.74) is 6.03. The van der Waals surface area contributed by atoms with Crippen molar-refractivity contribution in [3.8, 4) is 0 Å². The fourth-order valence-electron chi connectivity index (χ4n) is 2.16. The summed E-state index contributed by atoms with van der Waals surface area (Å²) in [6.45, 7) is 5.14. The van der Waals surface area contributed by atoms with Gasteiger partial charge in [0.15, 0.2) is 5.13 Å². The van der Waals surface area contributed by atoms with E-state index < -0.39 is 0 Å². The second-order valence-corrected chi connectivity index (χ2v) is 5.32. The molecule has 0 aromatic carbocycles. The SMILES string of the molecule is CC1CCCN(C(=O)c2csc(N)n2)C1C. The largest absolute Gasteiger partial charge is 0.375 e. The van der Waals surface area contributed by atoms with Crippen molar-refractivity contribution in [2.75, 3.05) is 12.3 Å². The number of aromatic nitrogens is 1. The number of likely N-dealkylation sites (tertiary alicyclic amines) is 1. The van der Waals surface area contributed by atoms with Crippen LogP contribution in [0, 0.1) is 5.92 Å². The molecule has 2 heterocycles. The van der Waals surface area contributed by atoms with E-state index in [0.717, 1.165) is 13.0 Å². The Kier molecular flexibility index (Phi) is 3.14. The first-order valence-corrected chi connectivity index (χ1v) is 6.49. The molecule has 2 rings (SSSR count). The van der Waals surface area contributed by atoms with E-state index in [0.29, 0.717) is 22.8 Å². The molecule has 0 radical (unpaired) electrons. The highest BCUT2D eigenvalue weighted by atomic mass is 32.1. The van der Waals surface area contributed by atoms with Gasteiger partial charge in [-0.2, -0.15) is 0 Å². The number of hydrogen-bond donors (Lipinski definition) is 1. The van der Waals surface area contributed by atoms with Crippen LogP contribution in [0.1, 0.15) is 37.2 Å². The molecule has 1 fully saturated rings. The van der Waals surface area contributed by atoms with E-state index in [-0.39, 0.29) is 5.91 Å². The first kappa shape index (κ1) is 11.4. The fourth-order valence-corrected chi connectivity index (χ4v) is 2.69. The fraction of sp³-hybridized carbons (Fsp3) is 0.636. The van der Waals surface area contributed by atoms with Gasteiger partial charge in [-0.05, 0) is 25.7 Å². The van der Waals surface area contributed by atoms with Crippen LogP contribution in [0.15, 0.2) is 5.38 Å². The zero-order chi connectivity index (χ0) is 11.7. The van der Waals surface area contributed by atoms with Gasteiger partial charge >= 0.3 is 0 Å². The molecule has 1 aliphatic heterocycles. The second kappa shape index (κ2) is 4.41. The summed E-state index contributed by atoms with van der Waals surface area (Å²) in [6, 6.07) is 0.296. The molecule has 1 aromatic heterocycles. The maximum absolute atomic E-state index is 12.2. The molecule has 1 amide bonds. The van der Waals surface area contributed by atoms with E-state index in [1.165, 1.54) is 17.8 Å². The molecule has 16 heavy (non-hydrogen) atoms. The monoisotopic (exact) mass is 239 g/mol. The van der Waals surface area contributed by atoms with E-state index in [4.69, 9.17) is 5.73 Å². The van der Waals surface area contributed by atoms with Gasteiger partial charge < -0.3 is 10.6 Å². The molecule has 0 aliphatic carbocycles. The zero-order valence-electron chi connectivity index (χ0n) is 9.64. The van der Waals surface area contributed by atoms with Gasteiger partial charge in [0.2, 0.25) is 0 Å². The van der Waals surface area contributed by atoms with Crippen molar-refractivity contribution in [3.63, 3.8) is 0 Å². The molecule has 4 nitrogen and oxygen atoms in total. The number of rotatable bonds is 1. The van der Waals surface area contributed by atoms with Crippen LogP contribution in [0.2, 0.25) is 0 Å². The Bertz CT molecular complexity index is 390. The Morgan fingerprint density at radius 3 is 3.00 bits per heavy atom. The summed E-state index contributed by atoms with van der Waals surface area (Å²) in [7, 11) is 0. The van der Waals surface area contributed by atoms with Crippen LogP contribution in [0.4, 0.5) is 5.13 Å². The quantitative estimate of drug-likeness (QED) is 0.815. The van der Waals surface area contributed by atoms with Gasteiger partial charge in [-0.25, -0.2) is 4.98 Å². The van der Waals surface area contributed by atoms with E-state index in [1.54, 1.807) is 5.38 Å². The van der Waals surface area contributed by atoms with Gasteiger partial charge in [0.05, 0.1) is 0 Å². The minimum absolute atomic E-state index is 0.0204. The summed E-state index contributed by atoms with van der Waals surface area (Å²) < 4.78 is 0. The molecule has 0 bridgehead atoms. The van der Waals surface area contributed by atoms with E-state index in [9.17, 15) is 4.79 Å². The molecular formula is C11H17N3OS. The topological polar surface area (TPSA) is 59.2 Å². The summed E-state index contributed by atoms with van der Waals surface area (Å²) in [5, 5.41) is 2.20. The number of carbonyl (C=O) groups excluding carboxylic acids is 1. The standard InChI is InChI=1S/C11H17N3OS/c1-7-4-3-5-14(8(7)2)10(15)9-6-16-11(12)13-9/h6-8H,3-5H2,1-2H3,(H2,12,13). The normalized spacial score (nSPS) is 25.8. The Hall–Kier alpha value is -1.10. The van der Waals surface area contributed by atoms with E-state index in [1.807, 2.05) is 4.90 Å². The van der Waals surface area contributed by atoms with Crippen molar-refractivity contribution in [2.24, 2.45) is 5.92 Å². The molecule has 1 aromatic rings. The van der Waals surface area contributed by atoms with Crippen molar-refractivity contribution in [1.29, 1.82) is 0 Å². The molecule has 5 heteroatoms. The van der Waals surface area contributed by atoms with Crippen molar-refractivity contribution in [3.05, 3.63) is 11.1 Å². The van der Waals surface area contributed by atoms with Gasteiger partial charge in [-0.1, -0.05) is 6.92 Å². The van der Waals surface area contributed by atoms with E-state index in [2.05, 4.69) is 18.8 Å². The number of nitrogen functional groups attached to an aromatic ring is 1. The number of nitrogens with zero attached hydrogens (tertiary/aromatic N) is 2. The highest BCUT2D eigenvalue weighted by Gasteiger charge is 2.29. The Balaban J connectivity index is 2.15. The number of anilines is 1. The van der Waals surface area contributed by atoms with E-state index >= 15 is 0 Å². The van der Waals surface area contributed by atoms with Crippen LogP contribution in [0.5, 0.6) is 0 Å². The van der Waals surface area contributed by atoms with Crippen LogP contribution in [-0.2, 0) is 0 Å². The summed E-state index contributed by atoms with van der Waals surface area (Å²) in [5.74, 6) is 0.584. The summed E-state index contributed by atoms with van der Waals surface area (Å²) >= 11 is 1.32. The number of amides is 1. The maximum Gasteiger partial charge on any atom is 0.273 e. The summed E-state index contributed by atoms with van der Waals surface area (Å²) in [6.07, 6.45) is 2.28. The Labute approximate surface area is 99.5 Å². The third-order valence-corrected chi connectivity index (χ3v) is 4.05. The summed E-state index contributed by atoms with van der Waals surface area (Å²) in [4.78, 5) is 18.2. The first-order valence-electron chi connectivity index (χ1n) is 5.61. The Morgan fingerprint density at radius 2 is 2.38 bits per heavy atom. The van der Waals surface area contributed by atoms with Gasteiger partial charge in [-0.3, -0.25) is 4.79 Å². The Morgan fingerprint density at radius 1 is 1.62 bits per heavy atom. The van der Waals surface area contributed by atoms with Crippen molar-refractivity contribution in [1.82, 2.24) is 9.88 Å². The molecule has 0 spiro atoms. The second-order valence-electron chi connectivity index (χ2n) is 4.43. The smallest absolute Gasteiger partial charge is 0.273 e. The lowest BCUT2D eigenvalue weighted by atomic mass is 9.92. The third-order valence-electron chi connectivity index (χ3n) is 3.38. The number of hydrogen-bond acceptors (Lipinski definition) is 4. The molecule has 88 valence electrons. The van der Waals surface area contributed by atoms with Crippen LogP contribution in [-0.4, -0.2) is 28.4 Å². The predicted molar refractivity (Wildman–Crippen MR) is 65.4 cm³/mol. The van der Waals surface area contributed by atoms with Gasteiger partial charge in [-0.15, -0.1) is 11.3 Å². The predicted octanol–water partition coefficient (Wildman–Crippen LogP) is 1.99. The van der Waals surface area contributed by atoms with Crippen LogP contribution < -0.4 is 5.73 Å². The molecule has 2 unspecified atom stereocenters. The molecular weight excluding hydrogens is 222 g/mol. The molecule has 2 N–H and O–H groups in total. The average molecular weight is 239 g/mol. The number of nitrogens with two attached hydrogens (primary N) is 1. The van der Waals surface area contributed by atoms with Crippen molar-refractivity contribution >= 4 is 22.4 Å².